The Morgan fingerprint density at radius 1 is 1.16 bits per heavy atom. The summed E-state index contributed by atoms with van der Waals surface area (Å²) in [5.41, 5.74) is 0.730. The minimum absolute atomic E-state index is 0.0857. The second-order valence-corrected chi connectivity index (χ2v) is 7.87. The van der Waals surface area contributed by atoms with Gasteiger partial charge in [0.15, 0.2) is 0 Å². The SMILES string of the molecule is CC(C)NS(=O)(=O)c1ccccc1NCC(C)(C)C. The minimum Gasteiger partial charge on any atom is -0.383 e. The number of hydrogen-bond acceptors (Lipinski definition) is 3. The van der Waals surface area contributed by atoms with Gasteiger partial charge in [-0.3, -0.25) is 0 Å². The molecule has 0 fully saturated rings. The standard InChI is InChI=1S/C14H24N2O2S/c1-11(2)16-19(17,18)13-9-7-6-8-12(13)15-10-14(3,4)5/h6-9,11,15-16H,10H2,1-5H3. The van der Waals surface area contributed by atoms with Gasteiger partial charge < -0.3 is 5.32 Å². The van der Waals surface area contributed by atoms with Gasteiger partial charge in [-0.15, -0.1) is 0 Å². The number of sulfonamides is 1. The molecule has 1 aromatic rings. The number of rotatable bonds is 5. The average molecular weight is 284 g/mol. The van der Waals surface area contributed by atoms with Crippen LogP contribution < -0.4 is 10.0 Å². The number of benzene rings is 1. The van der Waals surface area contributed by atoms with Crippen LogP contribution in [0.25, 0.3) is 0 Å². The number of para-hydroxylation sites is 1. The summed E-state index contributed by atoms with van der Waals surface area (Å²) in [5, 5.41) is 3.21. The molecule has 0 radical (unpaired) electrons. The van der Waals surface area contributed by atoms with E-state index in [1.807, 2.05) is 19.9 Å². The lowest BCUT2D eigenvalue weighted by Crippen LogP contribution is -2.31. The molecule has 108 valence electrons. The highest BCUT2D eigenvalue weighted by Gasteiger charge is 2.20. The van der Waals surface area contributed by atoms with Crippen LogP contribution in [0.15, 0.2) is 29.2 Å². The average Bonchev–Trinajstić information content (AvgIpc) is 2.24. The minimum atomic E-state index is -3.47. The number of anilines is 1. The van der Waals surface area contributed by atoms with Crippen LogP contribution in [-0.4, -0.2) is 21.0 Å². The summed E-state index contributed by atoms with van der Waals surface area (Å²) in [6.45, 7) is 10.6. The van der Waals surface area contributed by atoms with Gasteiger partial charge in [0.25, 0.3) is 0 Å². The van der Waals surface area contributed by atoms with Gasteiger partial charge >= 0.3 is 0 Å². The van der Waals surface area contributed by atoms with Crippen LogP contribution >= 0.6 is 0 Å². The molecule has 0 aliphatic carbocycles. The molecular weight excluding hydrogens is 260 g/mol. The molecule has 0 saturated carbocycles. The van der Waals surface area contributed by atoms with Gasteiger partial charge in [-0.1, -0.05) is 32.9 Å². The quantitative estimate of drug-likeness (QED) is 0.874. The third kappa shape index (κ3) is 5.20. The lowest BCUT2D eigenvalue weighted by atomic mass is 9.97. The fourth-order valence-corrected chi connectivity index (χ4v) is 3.02. The van der Waals surface area contributed by atoms with E-state index in [0.717, 1.165) is 0 Å². The highest BCUT2D eigenvalue weighted by atomic mass is 32.2. The fraction of sp³-hybridized carbons (Fsp3) is 0.571. The summed E-state index contributed by atoms with van der Waals surface area (Å²) >= 11 is 0. The van der Waals surface area contributed by atoms with Crippen LogP contribution in [0, 0.1) is 5.41 Å². The molecule has 1 rings (SSSR count). The molecule has 0 saturated heterocycles. The molecule has 0 atom stereocenters. The zero-order chi connectivity index (χ0) is 14.7. The molecule has 0 amide bonds. The molecule has 0 bridgehead atoms. The molecule has 0 spiro atoms. The van der Waals surface area contributed by atoms with Gasteiger partial charge in [0.1, 0.15) is 4.90 Å². The fourth-order valence-electron chi connectivity index (χ4n) is 1.58. The summed E-state index contributed by atoms with van der Waals surface area (Å²) in [4.78, 5) is 0.299. The maximum atomic E-state index is 12.2. The smallest absolute Gasteiger partial charge is 0.242 e. The Morgan fingerprint density at radius 2 is 1.74 bits per heavy atom. The molecule has 0 aromatic heterocycles. The van der Waals surface area contributed by atoms with Gasteiger partial charge in [-0.05, 0) is 31.4 Å². The van der Waals surface area contributed by atoms with E-state index in [1.165, 1.54) is 0 Å². The monoisotopic (exact) mass is 284 g/mol. The predicted molar refractivity (Wildman–Crippen MR) is 79.8 cm³/mol. The van der Waals surface area contributed by atoms with E-state index >= 15 is 0 Å². The first-order valence-electron chi connectivity index (χ1n) is 6.47. The molecule has 0 aliphatic heterocycles. The first-order chi connectivity index (χ1) is 8.62. The number of hydrogen-bond donors (Lipinski definition) is 2. The molecule has 2 N–H and O–H groups in total. The van der Waals surface area contributed by atoms with E-state index in [1.54, 1.807) is 18.2 Å². The van der Waals surface area contributed by atoms with Crippen molar-refractivity contribution in [2.24, 2.45) is 5.41 Å². The van der Waals surface area contributed by atoms with Crippen LogP contribution in [0.4, 0.5) is 5.69 Å². The third-order valence-electron chi connectivity index (χ3n) is 2.38. The van der Waals surface area contributed by atoms with E-state index in [-0.39, 0.29) is 11.5 Å². The van der Waals surface area contributed by atoms with Crippen molar-refractivity contribution in [3.05, 3.63) is 24.3 Å². The normalized spacial score (nSPS) is 12.7. The van der Waals surface area contributed by atoms with Crippen molar-refractivity contribution >= 4 is 15.7 Å². The van der Waals surface area contributed by atoms with E-state index in [9.17, 15) is 8.42 Å². The molecule has 0 unspecified atom stereocenters. The van der Waals surface area contributed by atoms with Gasteiger partial charge in [-0.25, -0.2) is 13.1 Å². The van der Waals surface area contributed by atoms with E-state index in [0.29, 0.717) is 17.1 Å². The first-order valence-corrected chi connectivity index (χ1v) is 7.95. The van der Waals surface area contributed by atoms with Crippen molar-refractivity contribution in [3.63, 3.8) is 0 Å². The summed E-state index contributed by atoms with van der Waals surface area (Å²) in [5.74, 6) is 0. The summed E-state index contributed by atoms with van der Waals surface area (Å²) in [6.07, 6.45) is 0. The Hall–Kier alpha value is -1.07. The van der Waals surface area contributed by atoms with Gasteiger partial charge in [0.2, 0.25) is 10.0 Å². The lowest BCUT2D eigenvalue weighted by molar-refractivity contribution is 0.442. The summed E-state index contributed by atoms with van der Waals surface area (Å²) in [7, 11) is -3.47. The predicted octanol–water partition coefficient (Wildman–Crippen LogP) is 2.83. The lowest BCUT2D eigenvalue weighted by Gasteiger charge is -2.21. The van der Waals surface area contributed by atoms with Crippen molar-refractivity contribution in [3.8, 4) is 0 Å². The van der Waals surface area contributed by atoms with Crippen molar-refractivity contribution in [2.45, 2.75) is 45.6 Å². The second kappa shape index (κ2) is 5.92. The largest absolute Gasteiger partial charge is 0.383 e. The van der Waals surface area contributed by atoms with Gasteiger partial charge in [-0.2, -0.15) is 0 Å². The van der Waals surface area contributed by atoms with Crippen molar-refractivity contribution < 1.29 is 8.42 Å². The third-order valence-corrected chi connectivity index (χ3v) is 4.09. The van der Waals surface area contributed by atoms with Gasteiger partial charge in [0.05, 0.1) is 5.69 Å². The Bertz CT molecular complexity index is 516. The van der Waals surface area contributed by atoms with Crippen LogP contribution in [0.5, 0.6) is 0 Å². The van der Waals surface area contributed by atoms with Crippen LogP contribution in [0.2, 0.25) is 0 Å². The Kier molecular flexibility index (Phi) is 4.98. The molecule has 0 aliphatic rings. The molecule has 19 heavy (non-hydrogen) atoms. The maximum Gasteiger partial charge on any atom is 0.242 e. The Labute approximate surface area is 116 Å². The van der Waals surface area contributed by atoms with E-state index in [4.69, 9.17) is 0 Å². The molecule has 0 heterocycles. The van der Waals surface area contributed by atoms with Crippen LogP contribution in [0.3, 0.4) is 0 Å². The molecular formula is C14H24N2O2S. The van der Waals surface area contributed by atoms with Crippen LogP contribution in [0.1, 0.15) is 34.6 Å². The van der Waals surface area contributed by atoms with E-state index in [2.05, 4.69) is 30.8 Å². The first kappa shape index (κ1) is 16.0. The van der Waals surface area contributed by atoms with Crippen LogP contribution in [-0.2, 0) is 10.0 Å². The molecule has 5 heteroatoms. The molecule has 1 aromatic carbocycles. The zero-order valence-electron chi connectivity index (χ0n) is 12.3. The van der Waals surface area contributed by atoms with Crippen molar-refractivity contribution in [1.82, 2.24) is 4.72 Å². The summed E-state index contributed by atoms with van der Waals surface area (Å²) in [6, 6.07) is 6.85. The Morgan fingerprint density at radius 3 is 2.26 bits per heavy atom. The zero-order valence-corrected chi connectivity index (χ0v) is 13.1. The summed E-state index contributed by atoms with van der Waals surface area (Å²) < 4.78 is 27.1. The van der Waals surface area contributed by atoms with Gasteiger partial charge in [0, 0.05) is 12.6 Å². The Balaban J connectivity index is 3.02. The van der Waals surface area contributed by atoms with Crippen molar-refractivity contribution in [2.75, 3.05) is 11.9 Å². The second-order valence-electron chi connectivity index (χ2n) is 6.19. The number of nitrogens with one attached hydrogen (secondary N) is 2. The van der Waals surface area contributed by atoms with E-state index < -0.39 is 10.0 Å². The molecule has 4 nitrogen and oxygen atoms in total. The highest BCUT2D eigenvalue weighted by Crippen LogP contribution is 2.23. The van der Waals surface area contributed by atoms with Crippen molar-refractivity contribution in [1.29, 1.82) is 0 Å². The topological polar surface area (TPSA) is 58.2 Å². The maximum absolute atomic E-state index is 12.2. The highest BCUT2D eigenvalue weighted by molar-refractivity contribution is 7.89.